The predicted octanol–water partition coefficient (Wildman–Crippen LogP) is 1.58. The van der Waals surface area contributed by atoms with Crippen molar-refractivity contribution in [3.63, 3.8) is 0 Å². The van der Waals surface area contributed by atoms with Gasteiger partial charge in [-0.3, -0.25) is 0 Å². The molecule has 2 atom stereocenters. The van der Waals surface area contributed by atoms with Crippen LogP contribution in [0.4, 0.5) is 0 Å². The van der Waals surface area contributed by atoms with E-state index < -0.39 is 0 Å². The second kappa shape index (κ2) is 6.03. The third-order valence-corrected chi connectivity index (χ3v) is 5.74. The van der Waals surface area contributed by atoms with Crippen molar-refractivity contribution >= 4 is 11.8 Å². The van der Waals surface area contributed by atoms with Crippen LogP contribution in [-0.2, 0) is 7.05 Å². The van der Waals surface area contributed by atoms with E-state index in [2.05, 4.69) is 15.5 Å². The molecule has 0 aromatic carbocycles. The van der Waals surface area contributed by atoms with E-state index in [1.165, 1.54) is 25.7 Å². The molecule has 0 amide bonds. The van der Waals surface area contributed by atoms with Crippen molar-refractivity contribution in [1.82, 2.24) is 20.1 Å². The van der Waals surface area contributed by atoms with Crippen LogP contribution in [0.3, 0.4) is 0 Å². The number of hydrogen-bond acceptors (Lipinski definition) is 5. The normalized spacial score (nSPS) is 30.0. The van der Waals surface area contributed by atoms with Gasteiger partial charge in [-0.15, -0.1) is 10.2 Å². The lowest BCUT2D eigenvalue weighted by Crippen LogP contribution is -2.52. The lowest BCUT2D eigenvalue weighted by Gasteiger charge is -2.35. The Morgan fingerprint density at radius 1 is 1.50 bits per heavy atom. The van der Waals surface area contributed by atoms with Crippen LogP contribution >= 0.6 is 11.8 Å². The van der Waals surface area contributed by atoms with E-state index in [4.69, 9.17) is 0 Å². The predicted molar refractivity (Wildman–Crippen MR) is 79.7 cm³/mol. The Morgan fingerprint density at radius 2 is 2.35 bits per heavy atom. The summed E-state index contributed by atoms with van der Waals surface area (Å²) in [4.78, 5) is 0. The van der Waals surface area contributed by atoms with Gasteiger partial charge >= 0.3 is 0 Å². The van der Waals surface area contributed by atoms with Crippen LogP contribution in [0.5, 0.6) is 0 Å². The van der Waals surface area contributed by atoms with Crippen LogP contribution in [0.15, 0.2) is 11.5 Å². The lowest BCUT2D eigenvalue weighted by atomic mass is 9.85. The first-order chi connectivity index (χ1) is 9.73. The molecule has 2 saturated carbocycles. The van der Waals surface area contributed by atoms with Gasteiger partial charge in [-0.05, 0) is 38.0 Å². The Bertz CT molecular complexity index is 448. The molecule has 0 bridgehead atoms. The van der Waals surface area contributed by atoms with Gasteiger partial charge in [0.25, 0.3) is 0 Å². The maximum atomic E-state index is 9.90. The minimum Gasteiger partial charge on any atom is -0.394 e. The SMILES string of the molecule is Cn1cnnc1SCCC1CCCC1(CO)NC1CC1. The van der Waals surface area contributed by atoms with Gasteiger partial charge in [0.05, 0.1) is 6.61 Å². The number of aryl methyl sites for hydroxylation is 1. The smallest absolute Gasteiger partial charge is 0.190 e. The third-order valence-electron chi connectivity index (χ3n) is 4.68. The number of aliphatic hydroxyl groups excluding tert-OH is 1. The zero-order valence-corrected chi connectivity index (χ0v) is 12.9. The van der Waals surface area contributed by atoms with Gasteiger partial charge in [-0.1, -0.05) is 18.2 Å². The summed E-state index contributed by atoms with van der Waals surface area (Å²) in [6.45, 7) is 0.281. The fraction of sp³-hybridized carbons (Fsp3) is 0.857. The summed E-state index contributed by atoms with van der Waals surface area (Å²) in [5.41, 5.74) is -0.0123. The Balaban J connectivity index is 1.53. The molecule has 2 fully saturated rings. The molecule has 0 radical (unpaired) electrons. The second-order valence-corrected chi connectivity index (χ2v) is 7.25. The maximum absolute atomic E-state index is 9.90. The van der Waals surface area contributed by atoms with Crippen LogP contribution in [0.25, 0.3) is 0 Å². The van der Waals surface area contributed by atoms with Gasteiger partial charge in [0.2, 0.25) is 0 Å². The van der Waals surface area contributed by atoms with E-state index in [9.17, 15) is 5.11 Å². The summed E-state index contributed by atoms with van der Waals surface area (Å²) in [5, 5.41) is 22.6. The minimum atomic E-state index is -0.0123. The lowest BCUT2D eigenvalue weighted by molar-refractivity contribution is 0.120. The minimum absolute atomic E-state index is 0.0123. The molecule has 2 N–H and O–H groups in total. The summed E-state index contributed by atoms with van der Waals surface area (Å²) in [6.07, 6.45) is 9.03. The summed E-state index contributed by atoms with van der Waals surface area (Å²) >= 11 is 1.77. The monoisotopic (exact) mass is 296 g/mol. The number of rotatable bonds is 7. The number of hydrogen-bond donors (Lipinski definition) is 2. The van der Waals surface area contributed by atoms with E-state index in [1.807, 2.05) is 11.6 Å². The summed E-state index contributed by atoms with van der Waals surface area (Å²) < 4.78 is 1.96. The highest BCUT2D eigenvalue weighted by Gasteiger charge is 2.44. The van der Waals surface area contributed by atoms with E-state index in [0.29, 0.717) is 12.0 Å². The van der Waals surface area contributed by atoms with Crippen LogP contribution < -0.4 is 5.32 Å². The summed E-state index contributed by atoms with van der Waals surface area (Å²) in [6, 6.07) is 0.661. The highest BCUT2D eigenvalue weighted by atomic mass is 32.2. The van der Waals surface area contributed by atoms with Crippen molar-refractivity contribution in [1.29, 1.82) is 0 Å². The molecule has 2 unspecified atom stereocenters. The van der Waals surface area contributed by atoms with Gasteiger partial charge < -0.3 is 15.0 Å². The van der Waals surface area contributed by atoms with Crippen molar-refractivity contribution < 1.29 is 5.11 Å². The molecule has 20 heavy (non-hydrogen) atoms. The average molecular weight is 296 g/mol. The number of aliphatic hydroxyl groups is 1. The molecule has 1 aromatic rings. The molecule has 0 spiro atoms. The van der Waals surface area contributed by atoms with Crippen molar-refractivity contribution in [3.8, 4) is 0 Å². The average Bonchev–Trinajstić information content (AvgIpc) is 3.03. The van der Waals surface area contributed by atoms with Gasteiger partial charge in [0, 0.05) is 24.4 Å². The fourth-order valence-electron chi connectivity index (χ4n) is 3.34. The van der Waals surface area contributed by atoms with E-state index >= 15 is 0 Å². The van der Waals surface area contributed by atoms with Crippen LogP contribution in [0, 0.1) is 5.92 Å². The van der Waals surface area contributed by atoms with Crippen molar-refractivity contribution in [2.45, 2.75) is 55.3 Å². The van der Waals surface area contributed by atoms with Gasteiger partial charge in [-0.25, -0.2) is 0 Å². The zero-order valence-electron chi connectivity index (χ0n) is 12.1. The Labute approximate surface area is 124 Å². The first kappa shape index (κ1) is 14.4. The van der Waals surface area contributed by atoms with E-state index in [0.717, 1.165) is 23.8 Å². The molecule has 0 saturated heterocycles. The molecule has 6 heteroatoms. The van der Waals surface area contributed by atoms with Crippen LogP contribution in [0.2, 0.25) is 0 Å². The van der Waals surface area contributed by atoms with Crippen LogP contribution in [0.1, 0.15) is 38.5 Å². The van der Waals surface area contributed by atoms with Crippen molar-refractivity contribution in [3.05, 3.63) is 6.33 Å². The highest BCUT2D eigenvalue weighted by Crippen LogP contribution is 2.41. The molecule has 0 aliphatic heterocycles. The summed E-state index contributed by atoms with van der Waals surface area (Å²) in [5.74, 6) is 1.64. The number of nitrogens with zero attached hydrogens (tertiary/aromatic N) is 3. The number of thioether (sulfide) groups is 1. The quantitative estimate of drug-likeness (QED) is 0.748. The standard InChI is InChI=1S/C14H24N4OS/c1-18-10-15-17-13(18)20-8-6-11-3-2-7-14(11,9-19)16-12-4-5-12/h10-12,16,19H,2-9H2,1H3. The zero-order chi connectivity index (χ0) is 14.0. The first-order valence-electron chi connectivity index (χ1n) is 7.59. The van der Waals surface area contributed by atoms with Crippen molar-refractivity contribution in [2.24, 2.45) is 13.0 Å². The maximum Gasteiger partial charge on any atom is 0.190 e. The largest absolute Gasteiger partial charge is 0.394 e. The first-order valence-corrected chi connectivity index (χ1v) is 8.57. The van der Waals surface area contributed by atoms with Gasteiger partial charge in [-0.2, -0.15) is 0 Å². The van der Waals surface area contributed by atoms with E-state index in [1.54, 1.807) is 18.1 Å². The second-order valence-electron chi connectivity index (χ2n) is 6.18. The molecule has 112 valence electrons. The number of nitrogens with one attached hydrogen (secondary N) is 1. The van der Waals surface area contributed by atoms with E-state index in [-0.39, 0.29) is 12.1 Å². The fourth-order valence-corrected chi connectivity index (χ4v) is 4.28. The molecule has 2 aliphatic rings. The van der Waals surface area contributed by atoms with Gasteiger partial charge in [0.1, 0.15) is 6.33 Å². The highest BCUT2D eigenvalue weighted by molar-refractivity contribution is 7.99. The molecular formula is C14H24N4OS. The Hall–Kier alpha value is -0.590. The Morgan fingerprint density at radius 3 is 3.00 bits per heavy atom. The molecule has 1 heterocycles. The molecule has 1 aromatic heterocycles. The Kier molecular flexibility index (Phi) is 4.33. The molecular weight excluding hydrogens is 272 g/mol. The van der Waals surface area contributed by atoms with Gasteiger partial charge in [0.15, 0.2) is 5.16 Å². The molecule has 5 nitrogen and oxygen atoms in total. The van der Waals surface area contributed by atoms with Crippen LogP contribution in [-0.4, -0.2) is 43.8 Å². The topological polar surface area (TPSA) is 63.0 Å². The van der Waals surface area contributed by atoms with Crippen molar-refractivity contribution in [2.75, 3.05) is 12.4 Å². The number of aromatic nitrogens is 3. The molecule has 3 rings (SSSR count). The summed E-state index contributed by atoms with van der Waals surface area (Å²) in [7, 11) is 1.98. The third kappa shape index (κ3) is 3.02. The molecule has 2 aliphatic carbocycles.